The molecule has 2 aromatic heterocycles. The molecule has 21 heavy (non-hydrogen) atoms. The first kappa shape index (κ1) is 15.9. The monoisotopic (exact) mass is 319 g/mol. The van der Waals surface area contributed by atoms with Crippen LogP contribution in [-0.2, 0) is 19.6 Å². The van der Waals surface area contributed by atoms with E-state index in [4.69, 9.17) is 5.84 Å². The van der Waals surface area contributed by atoms with Crippen molar-refractivity contribution in [2.75, 3.05) is 0 Å². The number of alkyl halides is 3. The third-order valence-corrected chi connectivity index (χ3v) is 4.53. The predicted molar refractivity (Wildman–Crippen MR) is 73.6 cm³/mol. The lowest BCUT2D eigenvalue weighted by molar-refractivity contribution is -0.137. The smallest absolute Gasteiger partial charge is 0.272 e. The minimum Gasteiger partial charge on any atom is -0.272 e. The zero-order valence-electron chi connectivity index (χ0n) is 11.8. The van der Waals surface area contributed by atoms with Crippen LogP contribution in [0.4, 0.5) is 13.2 Å². The molecule has 0 aliphatic carbocycles. The molecule has 0 radical (unpaired) electrons. The lowest BCUT2D eigenvalue weighted by Crippen LogP contribution is -2.29. The topological polar surface area (TPSA) is 68.8 Å². The summed E-state index contributed by atoms with van der Waals surface area (Å²) in [6.45, 7) is 3.78. The van der Waals surface area contributed by atoms with Gasteiger partial charge in [0.1, 0.15) is 0 Å². The molecule has 9 heteroatoms. The van der Waals surface area contributed by atoms with Gasteiger partial charge in [-0.05, 0) is 25.8 Å². The average molecular weight is 319 g/mol. The van der Waals surface area contributed by atoms with Crippen LogP contribution in [-0.4, -0.2) is 14.8 Å². The first-order chi connectivity index (χ1) is 9.74. The van der Waals surface area contributed by atoms with Gasteiger partial charge < -0.3 is 0 Å². The van der Waals surface area contributed by atoms with E-state index >= 15 is 0 Å². The minimum absolute atomic E-state index is 0.430. The lowest BCUT2D eigenvalue weighted by atomic mass is 10.0. The number of hydrogen-bond acceptors (Lipinski definition) is 5. The van der Waals surface area contributed by atoms with Gasteiger partial charge in [-0.1, -0.05) is 0 Å². The number of nitrogens with one attached hydrogen (secondary N) is 1. The van der Waals surface area contributed by atoms with Gasteiger partial charge >= 0.3 is 6.18 Å². The van der Waals surface area contributed by atoms with Gasteiger partial charge in [-0.15, -0.1) is 11.3 Å². The van der Waals surface area contributed by atoms with E-state index in [0.29, 0.717) is 22.6 Å². The summed E-state index contributed by atoms with van der Waals surface area (Å²) in [5, 5.41) is 3.43. The van der Waals surface area contributed by atoms with Crippen molar-refractivity contribution in [3.8, 4) is 0 Å². The van der Waals surface area contributed by atoms with E-state index in [9.17, 15) is 13.2 Å². The molecule has 0 amide bonds. The average Bonchev–Trinajstić information content (AvgIpc) is 2.95. The van der Waals surface area contributed by atoms with Crippen LogP contribution < -0.4 is 11.3 Å². The van der Waals surface area contributed by atoms with E-state index in [2.05, 4.69) is 15.5 Å². The van der Waals surface area contributed by atoms with Gasteiger partial charge in [-0.3, -0.25) is 16.0 Å². The highest BCUT2D eigenvalue weighted by Crippen LogP contribution is 2.35. The van der Waals surface area contributed by atoms with Crippen LogP contribution in [0.5, 0.6) is 0 Å². The van der Waals surface area contributed by atoms with Gasteiger partial charge in [-0.25, -0.2) is 4.98 Å². The number of rotatable bonds is 4. The van der Waals surface area contributed by atoms with E-state index in [1.165, 1.54) is 6.20 Å². The maximum atomic E-state index is 12.6. The summed E-state index contributed by atoms with van der Waals surface area (Å²) in [4.78, 5) is 3.88. The van der Waals surface area contributed by atoms with Gasteiger partial charge in [0.25, 0.3) is 0 Å². The van der Waals surface area contributed by atoms with Gasteiger partial charge in [0, 0.05) is 23.8 Å². The van der Waals surface area contributed by atoms with Crippen LogP contribution >= 0.6 is 11.3 Å². The summed E-state index contributed by atoms with van der Waals surface area (Å²) in [6, 6.07) is -0.430. The molecule has 2 rings (SSSR count). The van der Waals surface area contributed by atoms with Crippen molar-refractivity contribution in [3.63, 3.8) is 0 Å². The predicted octanol–water partition coefficient (Wildman–Crippen LogP) is 2.26. The summed E-state index contributed by atoms with van der Waals surface area (Å²) in [5.41, 5.74) is 5.35. The number of nitrogens with two attached hydrogens (primary N) is 1. The minimum atomic E-state index is -4.43. The first-order valence-electron chi connectivity index (χ1n) is 6.22. The maximum absolute atomic E-state index is 12.6. The van der Waals surface area contributed by atoms with E-state index in [-0.39, 0.29) is 0 Å². The molecule has 0 saturated carbocycles. The largest absolute Gasteiger partial charge is 0.443 e. The normalized spacial score (nSPS) is 13.7. The number of hydrazine groups is 1. The van der Waals surface area contributed by atoms with Crippen molar-refractivity contribution in [3.05, 3.63) is 33.0 Å². The summed E-state index contributed by atoms with van der Waals surface area (Å²) in [6.07, 6.45) is -2.75. The molecule has 2 heterocycles. The van der Waals surface area contributed by atoms with Crippen LogP contribution in [0.3, 0.4) is 0 Å². The quantitative estimate of drug-likeness (QED) is 0.670. The maximum Gasteiger partial charge on any atom is 0.443 e. The molecule has 116 valence electrons. The zero-order chi connectivity index (χ0) is 15.8. The summed E-state index contributed by atoms with van der Waals surface area (Å²) >= 11 is 0.604. The Hall–Kier alpha value is -1.45. The van der Waals surface area contributed by atoms with Crippen LogP contribution in [0.15, 0.2) is 6.20 Å². The van der Waals surface area contributed by atoms with Gasteiger partial charge in [-0.2, -0.15) is 18.3 Å². The van der Waals surface area contributed by atoms with Crippen molar-refractivity contribution in [2.45, 2.75) is 32.5 Å². The number of aryl methyl sites for hydroxylation is 2. The van der Waals surface area contributed by atoms with E-state index in [1.54, 1.807) is 4.68 Å². The van der Waals surface area contributed by atoms with Crippen LogP contribution in [0, 0.1) is 13.8 Å². The van der Waals surface area contributed by atoms with Crippen LogP contribution in [0.1, 0.15) is 32.9 Å². The highest BCUT2D eigenvalue weighted by molar-refractivity contribution is 7.11. The highest BCUT2D eigenvalue weighted by atomic mass is 32.1. The molecule has 0 saturated heterocycles. The Morgan fingerprint density at radius 1 is 1.43 bits per heavy atom. The van der Waals surface area contributed by atoms with E-state index < -0.39 is 17.2 Å². The molecule has 5 nitrogen and oxygen atoms in total. The fourth-order valence-electron chi connectivity index (χ4n) is 2.14. The van der Waals surface area contributed by atoms with Crippen LogP contribution in [0.2, 0.25) is 0 Å². The molecule has 1 unspecified atom stereocenters. The second-order valence-electron chi connectivity index (χ2n) is 4.76. The Labute approximate surface area is 124 Å². The Bertz CT molecular complexity index is 631. The molecule has 0 bridgehead atoms. The van der Waals surface area contributed by atoms with Crippen molar-refractivity contribution in [1.82, 2.24) is 20.2 Å². The zero-order valence-corrected chi connectivity index (χ0v) is 12.6. The third kappa shape index (κ3) is 3.25. The molecular formula is C12H16F3N5S. The SMILES string of the molecule is Cc1nn(C)c(C)c1CC(NN)c1cnc(C(F)(F)F)s1. The Morgan fingerprint density at radius 2 is 2.10 bits per heavy atom. The number of nitrogens with zero attached hydrogens (tertiary/aromatic N) is 3. The fourth-order valence-corrected chi connectivity index (χ4v) is 2.98. The van der Waals surface area contributed by atoms with Crippen molar-refractivity contribution < 1.29 is 13.2 Å². The van der Waals surface area contributed by atoms with E-state index in [1.807, 2.05) is 20.9 Å². The standard InChI is InChI=1S/C12H16F3N5S/c1-6-8(7(2)20(3)19-6)4-9(18-16)10-5-17-11(21-10)12(13,14)15/h5,9,18H,4,16H2,1-3H3. The van der Waals surface area contributed by atoms with Crippen LogP contribution in [0.25, 0.3) is 0 Å². The second kappa shape index (κ2) is 5.74. The molecular weight excluding hydrogens is 303 g/mol. The Kier molecular flexibility index (Phi) is 4.35. The number of hydrogen-bond donors (Lipinski definition) is 2. The first-order valence-corrected chi connectivity index (χ1v) is 7.03. The summed E-state index contributed by atoms with van der Waals surface area (Å²) in [5.74, 6) is 5.50. The summed E-state index contributed by atoms with van der Waals surface area (Å²) < 4.78 is 39.6. The Balaban J connectivity index is 2.26. The Morgan fingerprint density at radius 3 is 2.52 bits per heavy atom. The fraction of sp³-hybridized carbons (Fsp3) is 0.500. The number of aromatic nitrogens is 3. The van der Waals surface area contributed by atoms with Gasteiger partial charge in [0.15, 0.2) is 5.01 Å². The van der Waals surface area contributed by atoms with Gasteiger partial charge in [0.2, 0.25) is 0 Å². The lowest BCUT2D eigenvalue weighted by Gasteiger charge is -2.14. The second-order valence-corrected chi connectivity index (χ2v) is 5.82. The number of thiazole rings is 1. The molecule has 3 N–H and O–H groups in total. The molecule has 2 aromatic rings. The molecule has 0 aliphatic heterocycles. The molecule has 0 fully saturated rings. The molecule has 1 atom stereocenters. The summed E-state index contributed by atoms with van der Waals surface area (Å²) in [7, 11) is 1.82. The van der Waals surface area contributed by atoms with Crippen molar-refractivity contribution in [2.24, 2.45) is 12.9 Å². The highest BCUT2D eigenvalue weighted by Gasteiger charge is 2.35. The van der Waals surface area contributed by atoms with Crippen molar-refractivity contribution >= 4 is 11.3 Å². The van der Waals surface area contributed by atoms with E-state index in [0.717, 1.165) is 17.0 Å². The molecule has 0 aromatic carbocycles. The van der Waals surface area contributed by atoms with Crippen molar-refractivity contribution in [1.29, 1.82) is 0 Å². The molecule has 0 spiro atoms. The molecule has 0 aliphatic rings. The third-order valence-electron chi connectivity index (χ3n) is 3.38. The van der Waals surface area contributed by atoms with Gasteiger partial charge in [0.05, 0.1) is 11.7 Å². The number of halogens is 3.